The Balaban J connectivity index is 0.000000436. The molecule has 41 heavy (non-hydrogen) atoms. The lowest BCUT2D eigenvalue weighted by Gasteiger charge is -2.14. The predicted octanol–water partition coefficient (Wildman–Crippen LogP) is 0.136. The second-order valence-corrected chi connectivity index (χ2v) is 8.32. The molecule has 0 aliphatic rings. The summed E-state index contributed by atoms with van der Waals surface area (Å²) in [5.74, 6) is -3.60. The van der Waals surface area contributed by atoms with Crippen molar-refractivity contribution in [2.75, 3.05) is 11.1 Å². The van der Waals surface area contributed by atoms with Crippen LogP contribution in [0.1, 0.15) is 39.3 Å². The molecule has 0 aliphatic carbocycles. The fraction of sp³-hybridized carbons (Fsp3) is 0.160. The Morgan fingerprint density at radius 3 is 2.32 bits per heavy atom. The maximum absolute atomic E-state index is 12.3. The first-order chi connectivity index (χ1) is 19.5. The topological polar surface area (TPSA) is 269 Å². The smallest absolute Gasteiger partial charge is 0.326 e. The number of pyridine rings is 1. The number of benzene rings is 1. The number of aromatic nitrogens is 5. The molecule has 0 saturated heterocycles. The number of nitrogen functional groups attached to an aromatic ring is 1. The summed E-state index contributed by atoms with van der Waals surface area (Å²) in [7, 11) is 0. The monoisotopic (exact) mass is 563 g/mol. The zero-order chi connectivity index (χ0) is 29.9. The number of aliphatic carboxylic acids is 2. The van der Waals surface area contributed by atoms with Crippen LogP contribution in [0.2, 0.25) is 0 Å². The second kappa shape index (κ2) is 13.7. The minimum atomic E-state index is -1.31. The van der Waals surface area contributed by atoms with Crippen molar-refractivity contribution in [1.29, 1.82) is 0 Å². The van der Waals surface area contributed by atoms with Gasteiger partial charge >= 0.3 is 17.5 Å². The number of rotatable bonds is 10. The SMILES string of the molecule is NC(=O)c1cccnc1.Nc1nc(=O)c2nc(CNc3ccc(C(=O)N[C@@H](CCC(=O)O)C(=O)O)cc3)cnc2[nH]1. The van der Waals surface area contributed by atoms with Crippen molar-refractivity contribution in [1.82, 2.24) is 30.2 Å². The standard InChI is InChI=1S/C19H19N7O6.C6H6N2O/c20-19-25-15-14(17(30)26-19)23-11(8-22-15)7-21-10-3-1-9(2-4-10)16(29)24-12(18(31)32)5-6-13(27)28;7-6(9)5-2-1-3-8-4-5/h1-4,8,12,21H,5-7H2,(H,24,29)(H,27,28)(H,31,32)(H3,20,22,25,26,30);1-4H,(H2,7,9)/t12-;/m0./s1. The highest BCUT2D eigenvalue weighted by Crippen LogP contribution is 2.12. The largest absolute Gasteiger partial charge is 0.481 e. The van der Waals surface area contributed by atoms with Crippen LogP contribution in [0.5, 0.6) is 0 Å². The first kappa shape index (κ1) is 29.6. The van der Waals surface area contributed by atoms with Gasteiger partial charge in [-0.1, -0.05) is 0 Å². The van der Waals surface area contributed by atoms with Crippen molar-refractivity contribution in [2.45, 2.75) is 25.4 Å². The lowest BCUT2D eigenvalue weighted by molar-refractivity contribution is -0.140. The highest BCUT2D eigenvalue weighted by atomic mass is 16.4. The predicted molar refractivity (Wildman–Crippen MR) is 145 cm³/mol. The second-order valence-electron chi connectivity index (χ2n) is 8.32. The van der Waals surface area contributed by atoms with Crippen molar-refractivity contribution in [3.8, 4) is 0 Å². The minimum Gasteiger partial charge on any atom is -0.481 e. The first-order valence-electron chi connectivity index (χ1n) is 11.8. The van der Waals surface area contributed by atoms with Gasteiger partial charge < -0.3 is 37.3 Å². The van der Waals surface area contributed by atoms with Gasteiger partial charge in [-0.2, -0.15) is 4.98 Å². The van der Waals surface area contributed by atoms with Crippen molar-refractivity contribution in [3.63, 3.8) is 0 Å². The summed E-state index contributed by atoms with van der Waals surface area (Å²) in [6, 6.07) is 8.15. The molecule has 1 atom stereocenters. The van der Waals surface area contributed by atoms with Crippen LogP contribution in [0.15, 0.2) is 59.8 Å². The molecule has 2 amide bonds. The van der Waals surface area contributed by atoms with E-state index < -0.39 is 35.4 Å². The molecule has 0 spiro atoms. The number of carbonyl (C=O) groups excluding carboxylic acids is 2. The third-order valence-corrected chi connectivity index (χ3v) is 5.31. The number of nitrogens with zero attached hydrogens (tertiary/aromatic N) is 4. The molecule has 9 N–H and O–H groups in total. The molecule has 16 heteroatoms. The van der Waals surface area contributed by atoms with Gasteiger partial charge in [-0.3, -0.25) is 24.2 Å². The molecule has 0 fully saturated rings. The van der Waals surface area contributed by atoms with E-state index in [0.717, 1.165) is 0 Å². The molecule has 0 bridgehead atoms. The van der Waals surface area contributed by atoms with E-state index in [2.05, 4.69) is 35.6 Å². The summed E-state index contributed by atoms with van der Waals surface area (Å²) < 4.78 is 0. The van der Waals surface area contributed by atoms with E-state index in [9.17, 15) is 24.0 Å². The highest BCUT2D eigenvalue weighted by molar-refractivity contribution is 5.97. The average Bonchev–Trinajstić information content (AvgIpc) is 2.95. The molecule has 3 aromatic heterocycles. The molecular weight excluding hydrogens is 538 g/mol. The third kappa shape index (κ3) is 8.81. The molecule has 0 aliphatic heterocycles. The Morgan fingerprint density at radius 1 is 1.00 bits per heavy atom. The Kier molecular flexibility index (Phi) is 9.93. The van der Waals surface area contributed by atoms with Gasteiger partial charge in [0.2, 0.25) is 11.9 Å². The summed E-state index contributed by atoms with van der Waals surface area (Å²) >= 11 is 0. The molecule has 4 rings (SSSR count). The van der Waals surface area contributed by atoms with Gasteiger partial charge in [0.15, 0.2) is 11.2 Å². The van der Waals surface area contributed by atoms with Gasteiger partial charge in [-0.15, -0.1) is 0 Å². The summed E-state index contributed by atoms with van der Waals surface area (Å²) in [5.41, 5.74) is 11.8. The number of nitrogens with one attached hydrogen (secondary N) is 3. The van der Waals surface area contributed by atoms with Gasteiger partial charge in [0, 0.05) is 30.1 Å². The number of hydrogen-bond acceptors (Lipinski definition) is 11. The Hall–Kier alpha value is -5.93. The van der Waals surface area contributed by atoms with Crippen LogP contribution < -0.4 is 27.7 Å². The maximum Gasteiger partial charge on any atom is 0.326 e. The average molecular weight is 564 g/mol. The van der Waals surface area contributed by atoms with Gasteiger partial charge in [0.05, 0.1) is 24.0 Å². The van der Waals surface area contributed by atoms with Crippen LogP contribution in [0.4, 0.5) is 11.6 Å². The number of primary amides is 1. The van der Waals surface area contributed by atoms with Crippen LogP contribution in [0.3, 0.4) is 0 Å². The van der Waals surface area contributed by atoms with Crippen LogP contribution in [0, 0.1) is 0 Å². The van der Waals surface area contributed by atoms with Crippen LogP contribution in [-0.2, 0) is 16.1 Å². The van der Waals surface area contributed by atoms with E-state index in [1.165, 1.54) is 24.5 Å². The van der Waals surface area contributed by atoms with Crippen LogP contribution in [-0.4, -0.2) is 64.9 Å². The number of carboxylic acids is 2. The number of hydrogen-bond donors (Lipinski definition) is 7. The van der Waals surface area contributed by atoms with E-state index >= 15 is 0 Å². The molecule has 1 aromatic carbocycles. The number of carbonyl (C=O) groups is 4. The molecule has 3 heterocycles. The quantitative estimate of drug-likeness (QED) is 0.135. The number of amides is 2. The Morgan fingerprint density at radius 2 is 1.73 bits per heavy atom. The molecule has 0 saturated carbocycles. The maximum atomic E-state index is 12.3. The number of anilines is 2. The normalized spacial score (nSPS) is 11.0. The van der Waals surface area contributed by atoms with Crippen molar-refractivity contribution in [3.05, 3.63) is 82.2 Å². The number of aromatic amines is 1. The Bertz CT molecular complexity index is 1610. The summed E-state index contributed by atoms with van der Waals surface area (Å²) in [6.07, 6.45) is 3.88. The zero-order valence-electron chi connectivity index (χ0n) is 21.3. The van der Waals surface area contributed by atoms with Gasteiger partial charge in [-0.05, 0) is 42.8 Å². The fourth-order valence-corrected chi connectivity index (χ4v) is 3.27. The molecular formula is C25H25N9O7. The number of nitrogens with two attached hydrogens (primary N) is 2. The molecule has 16 nitrogen and oxygen atoms in total. The third-order valence-electron chi connectivity index (χ3n) is 5.31. The highest BCUT2D eigenvalue weighted by Gasteiger charge is 2.21. The summed E-state index contributed by atoms with van der Waals surface area (Å²) in [6.45, 7) is 0.231. The molecule has 212 valence electrons. The lowest BCUT2D eigenvalue weighted by atomic mass is 10.1. The summed E-state index contributed by atoms with van der Waals surface area (Å²) in [4.78, 5) is 74.6. The molecule has 0 unspecified atom stereocenters. The van der Waals surface area contributed by atoms with Crippen molar-refractivity contribution < 1.29 is 29.4 Å². The number of H-pyrrole nitrogens is 1. The van der Waals surface area contributed by atoms with E-state index in [-0.39, 0.29) is 42.1 Å². The number of fused-ring (bicyclic) bond motifs is 1. The van der Waals surface area contributed by atoms with Crippen LogP contribution >= 0.6 is 0 Å². The van der Waals surface area contributed by atoms with E-state index in [4.69, 9.17) is 21.7 Å². The van der Waals surface area contributed by atoms with Crippen LogP contribution in [0.25, 0.3) is 11.2 Å². The van der Waals surface area contributed by atoms with E-state index in [0.29, 0.717) is 16.9 Å². The van der Waals surface area contributed by atoms with Gasteiger partial charge in [0.25, 0.3) is 5.91 Å². The van der Waals surface area contributed by atoms with E-state index in [1.807, 2.05) is 0 Å². The Labute approximate surface area is 230 Å². The molecule has 4 aromatic rings. The van der Waals surface area contributed by atoms with Crippen molar-refractivity contribution in [2.24, 2.45) is 5.73 Å². The van der Waals surface area contributed by atoms with E-state index in [1.54, 1.807) is 30.5 Å². The molecule has 0 radical (unpaired) electrons. The minimum absolute atomic E-state index is 0.0524. The first-order valence-corrected chi connectivity index (χ1v) is 11.8. The van der Waals surface area contributed by atoms with Crippen molar-refractivity contribution >= 4 is 46.6 Å². The lowest BCUT2D eigenvalue weighted by Crippen LogP contribution is -2.41. The number of carboxylic acid groups (broad SMARTS) is 2. The fourth-order valence-electron chi connectivity index (χ4n) is 3.27. The zero-order valence-corrected chi connectivity index (χ0v) is 21.3. The summed E-state index contributed by atoms with van der Waals surface area (Å²) in [5, 5.41) is 23.2. The van der Waals surface area contributed by atoms with Gasteiger partial charge in [0.1, 0.15) is 6.04 Å². The van der Waals surface area contributed by atoms with Gasteiger partial charge in [-0.25, -0.2) is 14.8 Å².